The third-order valence-electron chi connectivity index (χ3n) is 3.65. The summed E-state index contributed by atoms with van der Waals surface area (Å²) < 4.78 is 4.06. The summed E-state index contributed by atoms with van der Waals surface area (Å²) in [4.78, 5) is 6.61. The molecule has 1 fully saturated rings. The quantitative estimate of drug-likeness (QED) is 0.837. The van der Waals surface area contributed by atoms with Crippen LogP contribution in [-0.4, -0.2) is 22.4 Å². The molecule has 2 rings (SSSR count). The number of rotatable bonds is 1. The van der Waals surface area contributed by atoms with Crippen molar-refractivity contribution in [3.05, 3.63) is 0 Å². The predicted molar refractivity (Wildman–Crippen MR) is 73.3 cm³/mol. The molecule has 0 saturated carbocycles. The molecule has 17 heavy (non-hydrogen) atoms. The van der Waals surface area contributed by atoms with Crippen LogP contribution in [0.25, 0.3) is 0 Å². The topological polar surface area (TPSA) is 55.0 Å². The second kappa shape index (κ2) is 4.80. The first-order valence-corrected chi connectivity index (χ1v) is 7.08. The average molecular weight is 254 g/mol. The van der Waals surface area contributed by atoms with E-state index in [0.29, 0.717) is 11.4 Å². The molecule has 1 aliphatic rings. The molecule has 0 aliphatic carbocycles. The maximum atomic E-state index is 5.58. The largest absolute Gasteiger partial charge is 0.367 e. The van der Waals surface area contributed by atoms with Gasteiger partial charge in [0.1, 0.15) is 0 Å². The summed E-state index contributed by atoms with van der Waals surface area (Å²) in [6, 6.07) is 0. The van der Waals surface area contributed by atoms with Crippen molar-refractivity contribution in [2.45, 2.75) is 40.0 Å². The van der Waals surface area contributed by atoms with Gasteiger partial charge in [0.05, 0.1) is 0 Å². The molecule has 1 aromatic rings. The Balaban J connectivity index is 2.01. The molecule has 1 aromatic heterocycles. The molecule has 1 saturated heterocycles. The molecular formula is C12H22N4S. The Hall–Kier alpha value is -0.840. The van der Waals surface area contributed by atoms with E-state index in [4.69, 9.17) is 5.73 Å². The van der Waals surface area contributed by atoms with E-state index in [1.54, 1.807) is 0 Å². The van der Waals surface area contributed by atoms with Gasteiger partial charge in [0.2, 0.25) is 11.1 Å². The number of hydrogen-bond acceptors (Lipinski definition) is 5. The van der Waals surface area contributed by atoms with Crippen LogP contribution in [0.15, 0.2) is 0 Å². The first-order chi connectivity index (χ1) is 7.97. The van der Waals surface area contributed by atoms with Crippen LogP contribution in [0.4, 0.5) is 11.1 Å². The first-order valence-electron chi connectivity index (χ1n) is 6.31. The van der Waals surface area contributed by atoms with Crippen molar-refractivity contribution >= 4 is 22.6 Å². The van der Waals surface area contributed by atoms with E-state index < -0.39 is 0 Å². The van der Waals surface area contributed by atoms with Gasteiger partial charge < -0.3 is 10.6 Å². The monoisotopic (exact) mass is 254 g/mol. The van der Waals surface area contributed by atoms with Gasteiger partial charge in [-0.25, -0.2) is 0 Å². The van der Waals surface area contributed by atoms with Crippen molar-refractivity contribution in [3.63, 3.8) is 0 Å². The van der Waals surface area contributed by atoms with E-state index in [2.05, 4.69) is 35.0 Å². The van der Waals surface area contributed by atoms with Gasteiger partial charge in [-0.3, -0.25) is 0 Å². The molecule has 1 unspecified atom stereocenters. The van der Waals surface area contributed by atoms with Gasteiger partial charge in [-0.05, 0) is 30.6 Å². The van der Waals surface area contributed by atoms with Crippen LogP contribution in [-0.2, 0) is 0 Å². The number of nitrogens with zero attached hydrogens (tertiary/aromatic N) is 3. The van der Waals surface area contributed by atoms with Crippen LogP contribution in [0.3, 0.4) is 0 Å². The third-order valence-corrected chi connectivity index (χ3v) is 4.45. The highest BCUT2D eigenvalue weighted by molar-refractivity contribution is 7.09. The molecule has 4 nitrogen and oxygen atoms in total. The molecule has 0 spiro atoms. The molecule has 0 amide bonds. The molecule has 1 aliphatic heterocycles. The Labute approximate surface area is 107 Å². The standard InChI is InChI=1S/C12H22N4S/c1-12(2,3)9-5-4-7-16(8-6-9)11-14-10(13)15-17-11/h9H,4-8H2,1-3H3,(H2,13,15). The van der Waals surface area contributed by atoms with Crippen molar-refractivity contribution in [2.24, 2.45) is 11.3 Å². The SMILES string of the molecule is CC(C)(C)C1CCCN(c2nc(N)ns2)CC1. The fourth-order valence-electron chi connectivity index (χ4n) is 2.51. The minimum atomic E-state index is 0.404. The molecule has 5 heteroatoms. The maximum absolute atomic E-state index is 5.58. The van der Waals surface area contributed by atoms with E-state index in [0.717, 1.165) is 24.1 Å². The first kappa shape index (κ1) is 12.6. The Morgan fingerprint density at radius 1 is 1.29 bits per heavy atom. The normalized spacial score (nSPS) is 22.5. The van der Waals surface area contributed by atoms with Gasteiger partial charge >= 0.3 is 0 Å². The van der Waals surface area contributed by atoms with Gasteiger partial charge in [0, 0.05) is 24.6 Å². The van der Waals surface area contributed by atoms with Crippen LogP contribution >= 0.6 is 11.5 Å². The van der Waals surface area contributed by atoms with Crippen molar-refractivity contribution in [3.8, 4) is 0 Å². The van der Waals surface area contributed by atoms with Crippen LogP contribution in [0, 0.1) is 11.3 Å². The van der Waals surface area contributed by atoms with Crippen LogP contribution in [0.1, 0.15) is 40.0 Å². The average Bonchev–Trinajstić information content (AvgIpc) is 2.53. The summed E-state index contributed by atoms with van der Waals surface area (Å²) in [5, 5.41) is 0.983. The Morgan fingerprint density at radius 2 is 2.06 bits per heavy atom. The second-order valence-corrected chi connectivity index (χ2v) is 6.65. The summed E-state index contributed by atoms with van der Waals surface area (Å²) in [6.07, 6.45) is 3.79. The van der Waals surface area contributed by atoms with Crippen molar-refractivity contribution in [1.29, 1.82) is 0 Å². The summed E-state index contributed by atoms with van der Waals surface area (Å²) in [5.74, 6) is 1.21. The summed E-state index contributed by atoms with van der Waals surface area (Å²) in [7, 11) is 0. The zero-order valence-electron chi connectivity index (χ0n) is 10.9. The van der Waals surface area contributed by atoms with Gasteiger partial charge in [0.15, 0.2) is 0 Å². The van der Waals surface area contributed by atoms with Gasteiger partial charge in [-0.1, -0.05) is 20.8 Å². The lowest BCUT2D eigenvalue weighted by atomic mass is 9.77. The van der Waals surface area contributed by atoms with E-state index >= 15 is 0 Å². The lowest BCUT2D eigenvalue weighted by molar-refractivity contribution is 0.220. The number of nitrogen functional groups attached to an aromatic ring is 1. The van der Waals surface area contributed by atoms with E-state index in [1.807, 2.05) is 0 Å². The Kier molecular flexibility index (Phi) is 3.56. The zero-order chi connectivity index (χ0) is 12.5. The van der Waals surface area contributed by atoms with Crippen molar-refractivity contribution < 1.29 is 0 Å². The van der Waals surface area contributed by atoms with Crippen LogP contribution in [0.5, 0.6) is 0 Å². The molecule has 1 atom stereocenters. The predicted octanol–water partition coefficient (Wildman–Crippen LogP) is 2.77. The zero-order valence-corrected chi connectivity index (χ0v) is 11.8. The van der Waals surface area contributed by atoms with E-state index in [9.17, 15) is 0 Å². The summed E-state index contributed by atoms with van der Waals surface area (Å²) >= 11 is 1.41. The lowest BCUT2D eigenvalue weighted by Gasteiger charge is -2.29. The maximum Gasteiger partial charge on any atom is 0.233 e. The lowest BCUT2D eigenvalue weighted by Crippen LogP contribution is -2.25. The fourth-order valence-corrected chi connectivity index (χ4v) is 3.16. The Morgan fingerprint density at radius 3 is 2.65 bits per heavy atom. The molecular weight excluding hydrogens is 232 g/mol. The number of nitrogens with two attached hydrogens (primary N) is 1. The third kappa shape index (κ3) is 3.09. The van der Waals surface area contributed by atoms with Gasteiger partial charge in [-0.15, -0.1) is 0 Å². The minimum absolute atomic E-state index is 0.404. The summed E-state index contributed by atoms with van der Waals surface area (Å²) in [5.41, 5.74) is 6.00. The smallest absolute Gasteiger partial charge is 0.233 e. The highest BCUT2D eigenvalue weighted by Gasteiger charge is 2.27. The fraction of sp³-hybridized carbons (Fsp3) is 0.833. The molecule has 0 radical (unpaired) electrons. The van der Waals surface area contributed by atoms with Gasteiger partial charge in [-0.2, -0.15) is 9.36 Å². The molecule has 2 heterocycles. The second-order valence-electron chi connectivity index (χ2n) is 5.92. The molecule has 0 bridgehead atoms. The van der Waals surface area contributed by atoms with Crippen LogP contribution in [0.2, 0.25) is 0 Å². The number of hydrogen-bond donors (Lipinski definition) is 1. The highest BCUT2D eigenvalue weighted by atomic mass is 32.1. The van der Waals surface area contributed by atoms with Crippen molar-refractivity contribution in [1.82, 2.24) is 9.36 Å². The van der Waals surface area contributed by atoms with Crippen molar-refractivity contribution in [2.75, 3.05) is 23.7 Å². The molecule has 0 aromatic carbocycles. The number of aromatic nitrogens is 2. The summed E-state index contributed by atoms with van der Waals surface area (Å²) in [6.45, 7) is 9.20. The highest BCUT2D eigenvalue weighted by Crippen LogP contribution is 2.35. The Bertz CT molecular complexity index is 369. The van der Waals surface area contributed by atoms with E-state index in [-0.39, 0.29) is 0 Å². The minimum Gasteiger partial charge on any atom is -0.367 e. The van der Waals surface area contributed by atoms with E-state index in [1.165, 1.54) is 30.8 Å². The molecule has 96 valence electrons. The van der Waals surface area contributed by atoms with Crippen LogP contribution < -0.4 is 10.6 Å². The van der Waals surface area contributed by atoms with Gasteiger partial charge in [0.25, 0.3) is 0 Å². The molecule has 2 N–H and O–H groups in total. The number of anilines is 2.